The van der Waals surface area contributed by atoms with E-state index in [9.17, 15) is 13.2 Å². The molecular weight excluding hydrogens is 266 g/mol. The van der Waals surface area contributed by atoms with Gasteiger partial charge in [-0.05, 0) is 18.2 Å². The zero-order valence-corrected chi connectivity index (χ0v) is 11.3. The molecule has 0 atom stereocenters. The van der Waals surface area contributed by atoms with Gasteiger partial charge in [0.05, 0.1) is 10.6 Å². The van der Waals surface area contributed by atoms with Crippen molar-refractivity contribution in [3.05, 3.63) is 42.2 Å². The van der Waals surface area contributed by atoms with Gasteiger partial charge in [0.2, 0.25) is 0 Å². The van der Waals surface area contributed by atoms with E-state index in [4.69, 9.17) is 0 Å². The first-order valence-corrected chi connectivity index (χ1v) is 7.37. The van der Waals surface area contributed by atoms with E-state index in [-0.39, 0.29) is 16.3 Å². The van der Waals surface area contributed by atoms with E-state index in [0.717, 1.165) is 6.26 Å². The quantitative estimate of drug-likeness (QED) is 0.911. The molecule has 2 rings (SSSR count). The maximum Gasteiger partial charge on any atom is 0.276 e. The van der Waals surface area contributed by atoms with E-state index in [1.165, 1.54) is 16.8 Å². The Labute approximate surface area is 111 Å². The van der Waals surface area contributed by atoms with Gasteiger partial charge in [-0.25, -0.2) is 8.42 Å². The van der Waals surface area contributed by atoms with Crippen molar-refractivity contribution in [1.29, 1.82) is 0 Å². The minimum atomic E-state index is -3.40. The van der Waals surface area contributed by atoms with Crippen LogP contribution >= 0.6 is 0 Å². The van der Waals surface area contributed by atoms with Crippen LogP contribution in [0.2, 0.25) is 0 Å². The van der Waals surface area contributed by atoms with Crippen molar-refractivity contribution in [2.75, 3.05) is 11.6 Å². The van der Waals surface area contributed by atoms with E-state index >= 15 is 0 Å². The number of para-hydroxylation sites is 1. The Hall–Kier alpha value is -2.15. The van der Waals surface area contributed by atoms with Crippen LogP contribution in [0.5, 0.6) is 0 Å². The molecule has 6 nitrogen and oxygen atoms in total. The van der Waals surface area contributed by atoms with Crippen molar-refractivity contribution in [3.8, 4) is 0 Å². The van der Waals surface area contributed by atoms with Crippen LogP contribution in [-0.2, 0) is 16.9 Å². The van der Waals surface area contributed by atoms with E-state index in [1.54, 1.807) is 31.4 Å². The number of rotatable bonds is 3. The molecule has 1 aromatic heterocycles. The summed E-state index contributed by atoms with van der Waals surface area (Å²) in [6.45, 7) is 0. The normalized spacial score (nSPS) is 11.3. The van der Waals surface area contributed by atoms with Crippen LogP contribution in [-0.4, -0.2) is 30.4 Å². The fraction of sp³-hybridized carbons (Fsp3) is 0.167. The molecule has 0 aliphatic rings. The summed E-state index contributed by atoms with van der Waals surface area (Å²) >= 11 is 0. The zero-order valence-electron chi connectivity index (χ0n) is 10.5. The van der Waals surface area contributed by atoms with Gasteiger partial charge in [0, 0.05) is 19.5 Å². The predicted octanol–water partition coefficient (Wildman–Crippen LogP) is 1.08. The highest BCUT2D eigenvalue weighted by atomic mass is 32.2. The number of aryl methyl sites for hydroxylation is 1. The molecule has 0 bridgehead atoms. The van der Waals surface area contributed by atoms with E-state index in [2.05, 4.69) is 10.4 Å². The molecule has 2 aromatic rings. The summed E-state index contributed by atoms with van der Waals surface area (Å²) in [7, 11) is -1.70. The second kappa shape index (κ2) is 4.85. The van der Waals surface area contributed by atoms with Gasteiger partial charge in [-0.15, -0.1) is 0 Å². The van der Waals surface area contributed by atoms with Crippen molar-refractivity contribution in [1.82, 2.24) is 9.78 Å². The Morgan fingerprint density at radius 2 is 1.95 bits per heavy atom. The number of aromatic nitrogens is 2. The maximum atomic E-state index is 11.9. The monoisotopic (exact) mass is 279 g/mol. The third kappa shape index (κ3) is 3.00. The molecule has 0 saturated heterocycles. The number of nitrogens with zero attached hydrogens (tertiary/aromatic N) is 2. The van der Waals surface area contributed by atoms with E-state index in [0.29, 0.717) is 0 Å². The lowest BCUT2D eigenvalue weighted by Crippen LogP contribution is -2.15. The summed E-state index contributed by atoms with van der Waals surface area (Å²) < 4.78 is 24.7. The Balaban J connectivity index is 2.32. The lowest BCUT2D eigenvalue weighted by Gasteiger charge is -2.08. The van der Waals surface area contributed by atoms with Crippen LogP contribution in [0.3, 0.4) is 0 Å². The summed E-state index contributed by atoms with van der Waals surface area (Å²) in [5.74, 6) is -0.448. The number of nitrogens with one attached hydrogen (secondary N) is 1. The summed E-state index contributed by atoms with van der Waals surface area (Å²) in [6, 6.07) is 7.80. The lowest BCUT2D eigenvalue weighted by molar-refractivity contribution is 0.102. The van der Waals surface area contributed by atoms with E-state index in [1.807, 2.05) is 0 Å². The largest absolute Gasteiger partial charge is 0.319 e. The van der Waals surface area contributed by atoms with Gasteiger partial charge in [-0.1, -0.05) is 12.1 Å². The Morgan fingerprint density at radius 3 is 2.53 bits per heavy atom. The first-order chi connectivity index (χ1) is 8.88. The number of carbonyl (C=O) groups is 1. The van der Waals surface area contributed by atoms with Crippen LogP contribution in [0.4, 0.5) is 5.69 Å². The Morgan fingerprint density at radius 1 is 1.26 bits per heavy atom. The van der Waals surface area contributed by atoms with Gasteiger partial charge in [-0.3, -0.25) is 9.48 Å². The third-order valence-electron chi connectivity index (χ3n) is 2.48. The van der Waals surface area contributed by atoms with Crippen molar-refractivity contribution < 1.29 is 13.2 Å². The van der Waals surface area contributed by atoms with Crippen molar-refractivity contribution in [3.63, 3.8) is 0 Å². The molecule has 1 heterocycles. The topological polar surface area (TPSA) is 81.1 Å². The summed E-state index contributed by atoms with van der Waals surface area (Å²) in [5.41, 5.74) is 0.478. The molecular formula is C12H13N3O3S. The molecule has 0 aliphatic carbocycles. The average Bonchev–Trinajstić information content (AvgIpc) is 2.75. The fourth-order valence-corrected chi connectivity index (χ4v) is 2.46. The molecule has 0 radical (unpaired) electrons. The van der Waals surface area contributed by atoms with Crippen molar-refractivity contribution >= 4 is 21.4 Å². The standard InChI is InChI=1S/C12H13N3O3S/c1-15-8-7-10(14-15)12(16)13-9-5-3-4-6-11(9)19(2,17)18/h3-8H,1-2H3,(H,13,16). The highest BCUT2D eigenvalue weighted by Gasteiger charge is 2.16. The number of carbonyl (C=O) groups excluding carboxylic acids is 1. The first kappa shape index (κ1) is 13.3. The SMILES string of the molecule is Cn1ccc(C(=O)Nc2ccccc2S(C)(=O)=O)n1. The molecule has 0 aliphatic heterocycles. The molecule has 0 fully saturated rings. The minimum Gasteiger partial charge on any atom is -0.319 e. The van der Waals surface area contributed by atoms with E-state index < -0.39 is 15.7 Å². The van der Waals surface area contributed by atoms with Crippen LogP contribution in [0.1, 0.15) is 10.5 Å². The van der Waals surface area contributed by atoms with Crippen molar-refractivity contribution in [2.24, 2.45) is 7.05 Å². The lowest BCUT2D eigenvalue weighted by atomic mass is 10.3. The Bertz CT molecular complexity index is 719. The second-order valence-corrected chi connectivity index (χ2v) is 6.08. The molecule has 0 spiro atoms. The summed E-state index contributed by atoms with van der Waals surface area (Å²) in [5, 5.41) is 6.51. The van der Waals surface area contributed by atoms with Gasteiger partial charge in [0.25, 0.3) is 5.91 Å². The molecule has 100 valence electrons. The maximum absolute atomic E-state index is 11.9. The highest BCUT2D eigenvalue weighted by molar-refractivity contribution is 7.90. The molecule has 7 heteroatoms. The number of hydrogen-bond acceptors (Lipinski definition) is 4. The van der Waals surface area contributed by atoms with Crippen LogP contribution in [0.15, 0.2) is 41.4 Å². The van der Waals surface area contributed by atoms with Gasteiger partial charge >= 0.3 is 0 Å². The molecule has 1 amide bonds. The molecule has 0 saturated carbocycles. The fourth-order valence-electron chi connectivity index (χ4n) is 1.62. The van der Waals surface area contributed by atoms with Crippen molar-refractivity contribution in [2.45, 2.75) is 4.90 Å². The zero-order chi connectivity index (χ0) is 14.0. The second-order valence-electron chi connectivity index (χ2n) is 4.10. The molecule has 0 unspecified atom stereocenters. The molecule has 1 aromatic carbocycles. The Kier molecular flexibility index (Phi) is 3.39. The smallest absolute Gasteiger partial charge is 0.276 e. The number of hydrogen-bond donors (Lipinski definition) is 1. The minimum absolute atomic E-state index is 0.0827. The number of benzene rings is 1. The first-order valence-electron chi connectivity index (χ1n) is 5.48. The van der Waals surface area contributed by atoms with Gasteiger partial charge in [0.15, 0.2) is 15.5 Å². The molecule has 19 heavy (non-hydrogen) atoms. The van der Waals surface area contributed by atoms with Crippen LogP contribution < -0.4 is 5.32 Å². The predicted molar refractivity (Wildman–Crippen MR) is 70.7 cm³/mol. The van der Waals surface area contributed by atoms with Gasteiger partial charge in [-0.2, -0.15) is 5.10 Å². The van der Waals surface area contributed by atoms with Crippen LogP contribution in [0.25, 0.3) is 0 Å². The molecule has 1 N–H and O–H groups in total. The number of sulfone groups is 1. The third-order valence-corrected chi connectivity index (χ3v) is 3.64. The van der Waals surface area contributed by atoms with Gasteiger partial charge < -0.3 is 5.32 Å². The highest BCUT2D eigenvalue weighted by Crippen LogP contribution is 2.20. The summed E-state index contributed by atoms with van der Waals surface area (Å²) in [6.07, 6.45) is 2.73. The number of anilines is 1. The van der Waals surface area contributed by atoms with Gasteiger partial charge in [0.1, 0.15) is 0 Å². The average molecular weight is 279 g/mol. The summed E-state index contributed by atoms with van der Waals surface area (Å²) in [4.78, 5) is 12.0. The number of amides is 1. The van der Waals surface area contributed by atoms with Crippen LogP contribution in [0, 0.1) is 0 Å².